The molecular weight excluding hydrogens is 220 g/mol. The third-order valence-electron chi connectivity index (χ3n) is 1.48. The van der Waals surface area contributed by atoms with Crippen LogP contribution in [-0.4, -0.2) is 22.7 Å². The van der Waals surface area contributed by atoms with Crippen molar-refractivity contribution >= 4 is 15.9 Å². The first-order valence-corrected chi connectivity index (χ1v) is 4.49. The fourth-order valence-electron chi connectivity index (χ4n) is 0.897. The van der Waals surface area contributed by atoms with Crippen LogP contribution < -0.4 is 5.73 Å². The van der Waals surface area contributed by atoms with Gasteiger partial charge in [-0.3, -0.25) is 0 Å². The maximum Gasteiger partial charge on any atom is 0.106 e. The molecule has 1 rings (SSSR count). The molecule has 0 aliphatic heterocycles. The van der Waals surface area contributed by atoms with E-state index in [-0.39, 0.29) is 12.6 Å². The number of halogens is 1. The molecule has 0 saturated heterocycles. The number of nitrogens with two attached hydrogens (primary N) is 1. The van der Waals surface area contributed by atoms with E-state index in [1.54, 1.807) is 0 Å². The van der Waals surface area contributed by atoms with E-state index in [9.17, 15) is 0 Å². The number of pyridine rings is 1. The van der Waals surface area contributed by atoms with Gasteiger partial charge in [0.15, 0.2) is 0 Å². The van der Waals surface area contributed by atoms with Crippen LogP contribution in [0.4, 0.5) is 0 Å². The van der Waals surface area contributed by atoms with Crippen molar-refractivity contribution in [1.29, 1.82) is 0 Å². The number of aliphatic hydroxyl groups excluding tert-OH is 1. The molecule has 0 aromatic carbocycles. The average molecular weight is 231 g/mol. The molecule has 1 heterocycles. The van der Waals surface area contributed by atoms with Crippen molar-refractivity contribution in [2.45, 2.75) is 12.5 Å². The summed E-state index contributed by atoms with van der Waals surface area (Å²) in [6.45, 7) is -0.00576. The van der Waals surface area contributed by atoms with Gasteiger partial charge in [-0.1, -0.05) is 6.07 Å². The number of hydrogen-bond donors (Lipinski definition) is 2. The lowest BCUT2D eigenvalue weighted by molar-refractivity contribution is 0.264. The monoisotopic (exact) mass is 230 g/mol. The van der Waals surface area contributed by atoms with Crippen molar-refractivity contribution < 1.29 is 5.11 Å². The molecule has 0 amide bonds. The van der Waals surface area contributed by atoms with Crippen LogP contribution >= 0.6 is 15.9 Å². The summed E-state index contributed by atoms with van der Waals surface area (Å²) in [6.07, 6.45) is 0.607. The maximum atomic E-state index is 8.70. The summed E-state index contributed by atoms with van der Waals surface area (Å²) in [6, 6.07) is 5.43. The molecule has 0 spiro atoms. The van der Waals surface area contributed by atoms with Crippen LogP contribution in [0.5, 0.6) is 0 Å². The Bertz CT molecular complexity index is 255. The molecule has 0 radical (unpaired) electrons. The van der Waals surface area contributed by atoms with Crippen LogP contribution in [0.3, 0.4) is 0 Å². The van der Waals surface area contributed by atoms with Crippen molar-refractivity contribution in [3.8, 4) is 0 Å². The highest BCUT2D eigenvalue weighted by molar-refractivity contribution is 9.10. The second kappa shape index (κ2) is 4.54. The third-order valence-corrected chi connectivity index (χ3v) is 1.92. The lowest BCUT2D eigenvalue weighted by atomic mass is 10.2. The zero-order valence-electron chi connectivity index (χ0n) is 6.57. The molecule has 0 bridgehead atoms. The molecule has 3 N–H and O–H groups in total. The Hall–Kier alpha value is -0.450. The first kappa shape index (κ1) is 9.64. The molecule has 3 nitrogen and oxygen atoms in total. The van der Waals surface area contributed by atoms with Gasteiger partial charge in [-0.2, -0.15) is 0 Å². The largest absolute Gasteiger partial charge is 0.395 e. The van der Waals surface area contributed by atoms with Crippen molar-refractivity contribution in [2.75, 3.05) is 6.61 Å². The Balaban J connectivity index is 2.63. The first-order valence-electron chi connectivity index (χ1n) is 3.70. The van der Waals surface area contributed by atoms with Crippen LogP contribution in [0.15, 0.2) is 22.8 Å². The van der Waals surface area contributed by atoms with E-state index < -0.39 is 0 Å². The van der Waals surface area contributed by atoms with Gasteiger partial charge in [0, 0.05) is 18.2 Å². The fraction of sp³-hybridized carbons (Fsp3) is 0.375. The Morgan fingerprint density at radius 1 is 1.58 bits per heavy atom. The van der Waals surface area contributed by atoms with E-state index in [1.165, 1.54) is 0 Å². The maximum absolute atomic E-state index is 8.70. The van der Waals surface area contributed by atoms with Gasteiger partial charge in [0.2, 0.25) is 0 Å². The number of aromatic nitrogens is 1. The molecule has 1 aromatic rings. The summed E-state index contributed by atoms with van der Waals surface area (Å²) < 4.78 is 0.796. The van der Waals surface area contributed by atoms with E-state index in [2.05, 4.69) is 20.9 Å². The minimum absolute atomic E-state index is 0.00576. The molecule has 0 unspecified atom stereocenters. The topological polar surface area (TPSA) is 59.1 Å². The van der Waals surface area contributed by atoms with Crippen LogP contribution in [-0.2, 0) is 6.42 Å². The molecular formula is C8H11BrN2O. The van der Waals surface area contributed by atoms with Crippen LogP contribution in [0.25, 0.3) is 0 Å². The Morgan fingerprint density at radius 2 is 2.33 bits per heavy atom. The predicted molar refractivity (Wildman–Crippen MR) is 50.7 cm³/mol. The highest BCUT2D eigenvalue weighted by Crippen LogP contribution is 2.07. The third kappa shape index (κ3) is 2.89. The summed E-state index contributed by atoms with van der Waals surface area (Å²) >= 11 is 3.26. The quantitative estimate of drug-likeness (QED) is 0.753. The zero-order chi connectivity index (χ0) is 8.97. The normalized spacial score (nSPS) is 12.9. The van der Waals surface area contributed by atoms with Gasteiger partial charge in [-0.15, -0.1) is 0 Å². The van der Waals surface area contributed by atoms with Gasteiger partial charge in [0.25, 0.3) is 0 Å². The SMILES string of the molecule is N[C@H](CO)Cc1cccc(Br)n1. The highest BCUT2D eigenvalue weighted by Gasteiger charge is 2.02. The summed E-state index contributed by atoms with van der Waals surface area (Å²) in [5.41, 5.74) is 6.44. The molecule has 0 aliphatic carbocycles. The van der Waals surface area contributed by atoms with Crippen molar-refractivity contribution in [1.82, 2.24) is 4.98 Å². The van der Waals surface area contributed by atoms with Crippen molar-refractivity contribution in [3.63, 3.8) is 0 Å². The molecule has 12 heavy (non-hydrogen) atoms. The average Bonchev–Trinajstić information content (AvgIpc) is 2.04. The molecule has 0 fully saturated rings. The predicted octanol–water partition coefficient (Wildman–Crippen LogP) is 0.706. The molecule has 0 aliphatic rings. The van der Waals surface area contributed by atoms with E-state index in [1.807, 2.05) is 18.2 Å². The van der Waals surface area contributed by atoms with Gasteiger partial charge >= 0.3 is 0 Å². The van der Waals surface area contributed by atoms with Crippen molar-refractivity contribution in [3.05, 3.63) is 28.5 Å². The number of nitrogens with zero attached hydrogens (tertiary/aromatic N) is 1. The van der Waals surface area contributed by atoms with E-state index in [4.69, 9.17) is 10.8 Å². The zero-order valence-corrected chi connectivity index (χ0v) is 8.16. The van der Waals surface area contributed by atoms with Gasteiger partial charge < -0.3 is 10.8 Å². The Kier molecular flexibility index (Phi) is 3.65. The van der Waals surface area contributed by atoms with Crippen LogP contribution in [0.2, 0.25) is 0 Å². The summed E-state index contributed by atoms with van der Waals surface area (Å²) in [4.78, 5) is 4.19. The Labute approximate surface area is 79.7 Å². The van der Waals surface area contributed by atoms with Crippen molar-refractivity contribution in [2.24, 2.45) is 5.73 Å². The molecule has 66 valence electrons. The summed E-state index contributed by atoms with van der Waals surface area (Å²) in [7, 11) is 0. The highest BCUT2D eigenvalue weighted by atomic mass is 79.9. The summed E-state index contributed by atoms with van der Waals surface area (Å²) in [5.74, 6) is 0. The van der Waals surface area contributed by atoms with Gasteiger partial charge in [0.05, 0.1) is 6.61 Å². The van der Waals surface area contributed by atoms with E-state index in [0.717, 1.165) is 10.3 Å². The lowest BCUT2D eigenvalue weighted by Crippen LogP contribution is -2.27. The second-order valence-corrected chi connectivity index (χ2v) is 3.41. The molecule has 4 heteroatoms. The standard InChI is InChI=1S/C8H11BrN2O/c9-8-3-1-2-7(11-8)4-6(10)5-12/h1-3,6,12H,4-5,10H2/t6-/m0/s1. The fourth-order valence-corrected chi connectivity index (χ4v) is 1.28. The van der Waals surface area contributed by atoms with Gasteiger partial charge in [-0.05, 0) is 28.1 Å². The second-order valence-electron chi connectivity index (χ2n) is 2.60. The number of rotatable bonds is 3. The summed E-state index contributed by atoms with van der Waals surface area (Å²) in [5, 5.41) is 8.70. The van der Waals surface area contributed by atoms with Gasteiger partial charge in [0.1, 0.15) is 4.60 Å². The molecule has 1 atom stereocenters. The Morgan fingerprint density at radius 3 is 2.92 bits per heavy atom. The van der Waals surface area contributed by atoms with Crippen LogP contribution in [0.1, 0.15) is 5.69 Å². The lowest BCUT2D eigenvalue weighted by Gasteiger charge is -2.06. The molecule has 0 saturated carbocycles. The smallest absolute Gasteiger partial charge is 0.106 e. The van der Waals surface area contributed by atoms with E-state index in [0.29, 0.717) is 6.42 Å². The molecule has 1 aromatic heterocycles. The van der Waals surface area contributed by atoms with Gasteiger partial charge in [-0.25, -0.2) is 4.98 Å². The number of hydrogen-bond acceptors (Lipinski definition) is 3. The minimum atomic E-state index is -0.216. The van der Waals surface area contributed by atoms with Crippen LogP contribution in [0, 0.1) is 0 Å². The van der Waals surface area contributed by atoms with E-state index >= 15 is 0 Å². The number of aliphatic hydroxyl groups is 1. The first-order chi connectivity index (χ1) is 5.72. The minimum Gasteiger partial charge on any atom is -0.395 e.